The quantitative estimate of drug-likeness (QED) is 0.569. The van der Waals surface area contributed by atoms with Crippen molar-refractivity contribution in [3.63, 3.8) is 0 Å². The first-order valence-corrected chi connectivity index (χ1v) is 4.10. The van der Waals surface area contributed by atoms with E-state index in [2.05, 4.69) is 4.74 Å². The topological polar surface area (TPSA) is 92.9 Å². The number of ether oxygens (including phenoxy) is 1. The van der Waals surface area contributed by atoms with Gasteiger partial charge in [0.05, 0.1) is 19.2 Å². The summed E-state index contributed by atoms with van der Waals surface area (Å²) >= 11 is 0. The largest absolute Gasteiger partial charge is 0.466 e. The Morgan fingerprint density at radius 2 is 2.21 bits per heavy atom. The van der Waals surface area contributed by atoms with Gasteiger partial charge in [-0.05, 0) is 0 Å². The lowest BCUT2D eigenvalue weighted by Gasteiger charge is -2.25. The number of nitrogens with two attached hydrogens (primary N) is 1. The highest BCUT2D eigenvalue weighted by Gasteiger charge is 2.25. The van der Waals surface area contributed by atoms with E-state index in [1.54, 1.807) is 0 Å². The van der Waals surface area contributed by atoms with Crippen molar-refractivity contribution in [1.82, 2.24) is 4.90 Å². The standard InChI is InChI=1S/C8H12N2O4/c1-14-7(11)5-4-10(8(12)13)3-2-6(5)9/h2-4,9H2,1H3,(H,12,13). The first-order valence-electron chi connectivity index (χ1n) is 4.10. The van der Waals surface area contributed by atoms with Crippen LogP contribution in [0.2, 0.25) is 0 Å². The summed E-state index contributed by atoms with van der Waals surface area (Å²) in [4.78, 5) is 22.9. The van der Waals surface area contributed by atoms with E-state index in [4.69, 9.17) is 10.8 Å². The van der Waals surface area contributed by atoms with Gasteiger partial charge in [-0.2, -0.15) is 0 Å². The molecule has 0 spiro atoms. The number of rotatable bonds is 1. The molecule has 1 aliphatic heterocycles. The van der Waals surface area contributed by atoms with Crippen molar-refractivity contribution >= 4 is 12.1 Å². The molecule has 14 heavy (non-hydrogen) atoms. The minimum absolute atomic E-state index is 0.00778. The van der Waals surface area contributed by atoms with E-state index in [-0.39, 0.29) is 12.1 Å². The molecule has 0 radical (unpaired) electrons. The van der Waals surface area contributed by atoms with E-state index in [0.717, 1.165) is 4.90 Å². The Balaban J connectivity index is 2.81. The number of esters is 1. The molecule has 0 aromatic heterocycles. The maximum Gasteiger partial charge on any atom is 0.407 e. The molecular weight excluding hydrogens is 188 g/mol. The van der Waals surface area contributed by atoms with Crippen molar-refractivity contribution in [3.8, 4) is 0 Å². The van der Waals surface area contributed by atoms with Gasteiger partial charge >= 0.3 is 12.1 Å². The SMILES string of the molecule is COC(=O)C1=C(N)CCN(C(=O)O)C1. The summed E-state index contributed by atoms with van der Waals surface area (Å²) in [6.07, 6.45) is -0.685. The highest BCUT2D eigenvalue weighted by Crippen LogP contribution is 2.15. The number of carboxylic acid groups (broad SMARTS) is 1. The molecule has 1 heterocycles. The summed E-state index contributed by atoms with van der Waals surface area (Å²) < 4.78 is 4.49. The third-order valence-corrected chi connectivity index (χ3v) is 2.09. The molecule has 6 nitrogen and oxygen atoms in total. The predicted molar refractivity (Wildman–Crippen MR) is 47.4 cm³/mol. The average Bonchev–Trinajstić information content (AvgIpc) is 2.17. The predicted octanol–water partition coefficient (Wildman–Crippen LogP) is -0.244. The van der Waals surface area contributed by atoms with E-state index < -0.39 is 12.1 Å². The van der Waals surface area contributed by atoms with E-state index in [1.807, 2.05) is 0 Å². The summed E-state index contributed by atoms with van der Waals surface area (Å²) in [6.45, 7) is 0.329. The van der Waals surface area contributed by atoms with Crippen LogP contribution in [0.1, 0.15) is 6.42 Å². The molecule has 6 heteroatoms. The Bertz CT molecular complexity index is 298. The Morgan fingerprint density at radius 3 is 2.71 bits per heavy atom. The summed E-state index contributed by atoms with van der Waals surface area (Å²) in [5, 5.41) is 8.71. The average molecular weight is 200 g/mol. The van der Waals surface area contributed by atoms with Gasteiger partial charge in [0.2, 0.25) is 0 Å². The van der Waals surface area contributed by atoms with Crippen LogP contribution in [0.4, 0.5) is 4.79 Å². The Morgan fingerprint density at radius 1 is 1.57 bits per heavy atom. The zero-order chi connectivity index (χ0) is 10.7. The highest BCUT2D eigenvalue weighted by molar-refractivity contribution is 5.90. The van der Waals surface area contributed by atoms with E-state index in [1.165, 1.54) is 7.11 Å². The number of carbonyl (C=O) groups is 2. The number of methoxy groups -OCH3 is 1. The van der Waals surface area contributed by atoms with Gasteiger partial charge in [0.1, 0.15) is 0 Å². The molecule has 1 aliphatic rings. The van der Waals surface area contributed by atoms with Crippen LogP contribution >= 0.6 is 0 Å². The molecule has 0 saturated heterocycles. The Hall–Kier alpha value is -1.72. The fourth-order valence-electron chi connectivity index (χ4n) is 1.26. The van der Waals surface area contributed by atoms with Gasteiger partial charge in [-0.25, -0.2) is 9.59 Å². The lowest BCUT2D eigenvalue weighted by atomic mass is 10.1. The molecule has 78 valence electrons. The first-order chi connectivity index (χ1) is 6.56. The van der Waals surface area contributed by atoms with Gasteiger partial charge in [-0.3, -0.25) is 0 Å². The molecule has 1 amide bonds. The molecule has 0 atom stereocenters. The summed E-state index contributed by atoms with van der Waals surface area (Å²) in [7, 11) is 1.24. The monoisotopic (exact) mass is 200 g/mol. The van der Waals surface area contributed by atoms with Gasteiger partial charge in [0.15, 0.2) is 0 Å². The zero-order valence-electron chi connectivity index (χ0n) is 7.82. The van der Waals surface area contributed by atoms with Crippen molar-refractivity contribution in [2.45, 2.75) is 6.42 Å². The van der Waals surface area contributed by atoms with E-state index in [0.29, 0.717) is 18.7 Å². The number of amides is 1. The van der Waals surface area contributed by atoms with Crippen LogP contribution < -0.4 is 5.73 Å². The molecule has 3 N–H and O–H groups in total. The summed E-state index contributed by atoms with van der Waals surface area (Å²) in [5.41, 5.74) is 6.23. The molecule has 0 bridgehead atoms. The fraction of sp³-hybridized carbons (Fsp3) is 0.500. The lowest BCUT2D eigenvalue weighted by Crippen LogP contribution is -2.39. The normalized spacial score (nSPS) is 16.8. The molecule has 0 saturated carbocycles. The second-order valence-corrected chi connectivity index (χ2v) is 2.95. The van der Waals surface area contributed by atoms with Crippen LogP contribution in [-0.4, -0.2) is 42.3 Å². The number of carbonyl (C=O) groups excluding carboxylic acids is 1. The van der Waals surface area contributed by atoms with Crippen LogP contribution in [0.25, 0.3) is 0 Å². The maximum absolute atomic E-state index is 11.2. The zero-order valence-corrected chi connectivity index (χ0v) is 7.82. The molecule has 0 unspecified atom stereocenters. The maximum atomic E-state index is 11.2. The Kier molecular flexibility index (Phi) is 2.95. The summed E-state index contributed by atoms with van der Waals surface area (Å²) in [5.74, 6) is -0.562. The van der Waals surface area contributed by atoms with Gasteiger partial charge in [-0.1, -0.05) is 0 Å². The van der Waals surface area contributed by atoms with E-state index in [9.17, 15) is 9.59 Å². The van der Waals surface area contributed by atoms with Crippen LogP contribution in [0.3, 0.4) is 0 Å². The third-order valence-electron chi connectivity index (χ3n) is 2.09. The molecule has 0 aromatic rings. The van der Waals surface area contributed by atoms with Gasteiger partial charge < -0.3 is 20.5 Å². The van der Waals surface area contributed by atoms with Crippen molar-refractivity contribution in [2.24, 2.45) is 5.73 Å². The fourth-order valence-corrected chi connectivity index (χ4v) is 1.26. The van der Waals surface area contributed by atoms with Crippen molar-refractivity contribution in [2.75, 3.05) is 20.2 Å². The number of nitrogens with zero attached hydrogens (tertiary/aromatic N) is 1. The molecule has 0 aliphatic carbocycles. The van der Waals surface area contributed by atoms with Crippen LogP contribution in [0, 0.1) is 0 Å². The van der Waals surface area contributed by atoms with Crippen molar-refractivity contribution in [3.05, 3.63) is 11.3 Å². The minimum Gasteiger partial charge on any atom is -0.466 e. The molecule has 0 fully saturated rings. The first kappa shape index (κ1) is 10.4. The van der Waals surface area contributed by atoms with Crippen LogP contribution in [-0.2, 0) is 9.53 Å². The summed E-state index contributed by atoms with van der Waals surface area (Å²) in [6, 6.07) is 0. The molecule has 0 aromatic carbocycles. The van der Waals surface area contributed by atoms with Gasteiger partial charge in [-0.15, -0.1) is 0 Å². The lowest BCUT2D eigenvalue weighted by molar-refractivity contribution is -0.136. The Labute approximate surface area is 80.9 Å². The smallest absolute Gasteiger partial charge is 0.407 e. The van der Waals surface area contributed by atoms with Gasteiger partial charge in [0.25, 0.3) is 0 Å². The van der Waals surface area contributed by atoms with Gasteiger partial charge in [0, 0.05) is 18.7 Å². The van der Waals surface area contributed by atoms with Crippen molar-refractivity contribution < 1.29 is 19.4 Å². The van der Waals surface area contributed by atoms with Crippen LogP contribution in [0.5, 0.6) is 0 Å². The van der Waals surface area contributed by atoms with Crippen LogP contribution in [0.15, 0.2) is 11.3 Å². The minimum atomic E-state index is -1.06. The molecular formula is C8H12N2O4. The number of hydrogen-bond acceptors (Lipinski definition) is 4. The third kappa shape index (κ3) is 1.95. The second-order valence-electron chi connectivity index (χ2n) is 2.95. The highest BCUT2D eigenvalue weighted by atomic mass is 16.5. The van der Waals surface area contributed by atoms with E-state index >= 15 is 0 Å². The van der Waals surface area contributed by atoms with Crippen molar-refractivity contribution in [1.29, 1.82) is 0 Å². The number of hydrogen-bond donors (Lipinski definition) is 2. The molecule has 1 rings (SSSR count). The second kappa shape index (κ2) is 3.99.